The van der Waals surface area contributed by atoms with Crippen LogP contribution < -0.4 is 15.1 Å². The minimum Gasteiger partial charge on any atom is -0.371 e. The molecule has 7 nitrogen and oxygen atoms in total. The number of rotatable bonds is 5. The number of anilines is 2. The number of hydrogen-bond donors (Lipinski definition) is 1. The molecule has 0 spiro atoms. The molecule has 4 rings (SSSR count). The van der Waals surface area contributed by atoms with Gasteiger partial charge in [0.1, 0.15) is 11.6 Å². The fourth-order valence-electron chi connectivity index (χ4n) is 4.39. The van der Waals surface area contributed by atoms with Gasteiger partial charge in [0.2, 0.25) is 0 Å². The lowest BCUT2D eigenvalue weighted by molar-refractivity contribution is 0.192. The Balaban J connectivity index is 1.24. The Kier molecular flexibility index (Phi) is 6.95. The summed E-state index contributed by atoms with van der Waals surface area (Å²) in [5.41, 5.74) is 1.64. The van der Waals surface area contributed by atoms with Crippen LogP contribution in [0.4, 0.5) is 25.1 Å². The van der Waals surface area contributed by atoms with Gasteiger partial charge in [0.25, 0.3) is 0 Å². The molecule has 1 aromatic heterocycles. The van der Waals surface area contributed by atoms with Crippen LogP contribution in [0.25, 0.3) is 0 Å². The lowest BCUT2D eigenvalue weighted by Gasteiger charge is -2.35. The molecule has 1 N–H and O–H groups in total. The summed E-state index contributed by atoms with van der Waals surface area (Å²) < 4.78 is 26.7. The Hall–Kier alpha value is -2.97. The van der Waals surface area contributed by atoms with Crippen molar-refractivity contribution in [3.05, 3.63) is 47.4 Å². The van der Waals surface area contributed by atoms with Gasteiger partial charge < -0.3 is 20.0 Å². The van der Waals surface area contributed by atoms with Crippen molar-refractivity contribution in [1.82, 2.24) is 20.2 Å². The van der Waals surface area contributed by atoms with E-state index < -0.39 is 11.6 Å². The molecule has 178 valence electrons. The Bertz CT molecular complexity index is 993. The molecule has 2 aromatic rings. The monoisotopic (exact) mass is 458 g/mol. The summed E-state index contributed by atoms with van der Waals surface area (Å²) in [7, 11) is 0. The van der Waals surface area contributed by atoms with Gasteiger partial charge in [-0.2, -0.15) is 0 Å². The maximum Gasteiger partial charge on any atom is 0.317 e. The van der Waals surface area contributed by atoms with Crippen molar-refractivity contribution in [3.63, 3.8) is 0 Å². The summed E-state index contributed by atoms with van der Waals surface area (Å²) in [4.78, 5) is 28.0. The first-order valence-corrected chi connectivity index (χ1v) is 11.6. The number of nitrogens with zero attached hydrogens (tertiary/aromatic N) is 5. The van der Waals surface area contributed by atoms with Crippen molar-refractivity contribution in [3.8, 4) is 0 Å². The van der Waals surface area contributed by atoms with Crippen LogP contribution in [0.15, 0.2) is 24.3 Å². The maximum atomic E-state index is 13.5. The SMILES string of the molecule is Cc1cc(N2CCN(C(=O)NCC3CCN(c4ccc(F)c(F)c4)C3)CC2)nc(C(C)C)n1. The number of amides is 2. The molecule has 2 aliphatic rings. The van der Waals surface area contributed by atoms with Gasteiger partial charge in [0.15, 0.2) is 11.6 Å². The van der Waals surface area contributed by atoms with E-state index in [0.29, 0.717) is 31.9 Å². The van der Waals surface area contributed by atoms with Gasteiger partial charge in [-0.05, 0) is 31.4 Å². The molecule has 2 saturated heterocycles. The van der Waals surface area contributed by atoms with Crippen molar-refractivity contribution in [1.29, 1.82) is 0 Å². The number of aryl methyl sites for hydroxylation is 1. The molecule has 3 heterocycles. The Morgan fingerprint density at radius 2 is 1.82 bits per heavy atom. The van der Waals surface area contributed by atoms with Crippen molar-refractivity contribution in [2.45, 2.75) is 33.1 Å². The highest BCUT2D eigenvalue weighted by molar-refractivity contribution is 5.74. The second-order valence-electron chi connectivity index (χ2n) is 9.24. The highest BCUT2D eigenvalue weighted by Crippen LogP contribution is 2.25. The molecule has 0 aliphatic carbocycles. The molecular weight excluding hydrogens is 426 g/mol. The molecule has 0 radical (unpaired) electrons. The van der Waals surface area contributed by atoms with Crippen LogP contribution >= 0.6 is 0 Å². The van der Waals surface area contributed by atoms with E-state index in [4.69, 9.17) is 4.98 Å². The lowest BCUT2D eigenvalue weighted by Crippen LogP contribution is -2.52. The number of urea groups is 1. The van der Waals surface area contributed by atoms with Crippen molar-refractivity contribution < 1.29 is 13.6 Å². The fourth-order valence-corrected chi connectivity index (χ4v) is 4.39. The third kappa shape index (κ3) is 5.51. The van der Waals surface area contributed by atoms with E-state index in [1.807, 2.05) is 22.8 Å². The van der Waals surface area contributed by atoms with Crippen LogP contribution in [-0.4, -0.2) is 66.7 Å². The van der Waals surface area contributed by atoms with Crippen LogP contribution in [0, 0.1) is 24.5 Å². The predicted molar refractivity (Wildman–Crippen MR) is 125 cm³/mol. The first-order chi connectivity index (χ1) is 15.8. The molecule has 33 heavy (non-hydrogen) atoms. The molecule has 1 unspecified atom stereocenters. The zero-order chi connectivity index (χ0) is 23.5. The molecule has 1 aromatic carbocycles. The molecule has 2 amide bonds. The van der Waals surface area contributed by atoms with Crippen molar-refractivity contribution >= 4 is 17.5 Å². The first-order valence-electron chi connectivity index (χ1n) is 11.6. The molecule has 2 fully saturated rings. The Morgan fingerprint density at radius 3 is 2.52 bits per heavy atom. The smallest absolute Gasteiger partial charge is 0.317 e. The number of hydrogen-bond acceptors (Lipinski definition) is 5. The van der Waals surface area contributed by atoms with E-state index in [9.17, 15) is 13.6 Å². The zero-order valence-electron chi connectivity index (χ0n) is 19.5. The van der Waals surface area contributed by atoms with E-state index in [2.05, 4.69) is 29.0 Å². The average molecular weight is 459 g/mol. The number of carbonyl (C=O) groups excluding carboxylic acids is 1. The minimum absolute atomic E-state index is 0.0531. The number of piperazine rings is 1. The van der Waals surface area contributed by atoms with Crippen molar-refractivity contribution in [2.24, 2.45) is 5.92 Å². The summed E-state index contributed by atoms with van der Waals surface area (Å²) >= 11 is 0. The third-order valence-electron chi connectivity index (χ3n) is 6.36. The van der Waals surface area contributed by atoms with E-state index in [1.54, 1.807) is 6.07 Å². The van der Waals surface area contributed by atoms with E-state index >= 15 is 0 Å². The second-order valence-corrected chi connectivity index (χ2v) is 9.24. The van der Waals surface area contributed by atoms with Gasteiger partial charge in [-0.25, -0.2) is 23.5 Å². The first kappa shape index (κ1) is 23.2. The summed E-state index contributed by atoms with van der Waals surface area (Å²) in [6, 6.07) is 5.94. The Labute approximate surface area is 193 Å². The second kappa shape index (κ2) is 9.89. The number of nitrogens with one attached hydrogen (secondary N) is 1. The van der Waals surface area contributed by atoms with E-state index in [1.165, 1.54) is 6.07 Å². The van der Waals surface area contributed by atoms with Gasteiger partial charge in [-0.1, -0.05) is 13.8 Å². The average Bonchev–Trinajstić information content (AvgIpc) is 3.28. The van der Waals surface area contributed by atoms with Crippen LogP contribution in [0.2, 0.25) is 0 Å². The molecular formula is C24H32F2N6O. The van der Waals surface area contributed by atoms with Crippen LogP contribution in [0.3, 0.4) is 0 Å². The van der Waals surface area contributed by atoms with E-state index in [0.717, 1.165) is 49.5 Å². The van der Waals surface area contributed by atoms with Gasteiger partial charge in [-0.3, -0.25) is 0 Å². The number of aromatic nitrogens is 2. The zero-order valence-corrected chi connectivity index (χ0v) is 19.5. The molecule has 1 atom stereocenters. The predicted octanol–water partition coefficient (Wildman–Crippen LogP) is 3.54. The van der Waals surface area contributed by atoms with Gasteiger partial charge in [-0.15, -0.1) is 0 Å². The largest absolute Gasteiger partial charge is 0.371 e. The van der Waals surface area contributed by atoms with Gasteiger partial charge in [0.05, 0.1) is 0 Å². The number of benzene rings is 1. The maximum absolute atomic E-state index is 13.5. The summed E-state index contributed by atoms with van der Waals surface area (Å²) in [6.45, 7) is 10.9. The normalized spacial score (nSPS) is 18.8. The quantitative estimate of drug-likeness (QED) is 0.743. The highest BCUT2D eigenvalue weighted by Gasteiger charge is 2.26. The molecule has 0 saturated carbocycles. The van der Waals surface area contributed by atoms with Gasteiger partial charge in [0, 0.05) is 75.2 Å². The molecule has 0 bridgehead atoms. The molecule has 2 aliphatic heterocycles. The van der Waals surface area contributed by atoms with Gasteiger partial charge >= 0.3 is 6.03 Å². The summed E-state index contributed by atoms with van der Waals surface area (Å²) in [5.74, 6) is 0.651. The lowest BCUT2D eigenvalue weighted by atomic mass is 10.1. The highest BCUT2D eigenvalue weighted by atomic mass is 19.2. The van der Waals surface area contributed by atoms with Crippen LogP contribution in [-0.2, 0) is 0 Å². The fraction of sp³-hybridized carbons (Fsp3) is 0.542. The molecule has 9 heteroatoms. The van der Waals surface area contributed by atoms with Crippen LogP contribution in [0.5, 0.6) is 0 Å². The standard InChI is InChI=1S/C24H32F2N6O/c1-16(2)23-28-17(3)12-22(29-23)30-8-10-31(11-9-30)24(33)27-14-18-6-7-32(15-18)19-4-5-20(25)21(26)13-19/h4-5,12-13,16,18H,6-11,14-15H2,1-3H3,(H,27,33). The topological polar surface area (TPSA) is 64.6 Å². The van der Waals surface area contributed by atoms with Crippen LogP contribution in [0.1, 0.15) is 37.7 Å². The number of carbonyl (C=O) groups is 1. The third-order valence-corrected chi connectivity index (χ3v) is 6.36. The van der Waals surface area contributed by atoms with Crippen molar-refractivity contribution in [2.75, 3.05) is 55.6 Å². The summed E-state index contributed by atoms with van der Waals surface area (Å²) in [6.07, 6.45) is 0.901. The Morgan fingerprint density at radius 1 is 1.06 bits per heavy atom. The minimum atomic E-state index is -0.836. The van der Waals surface area contributed by atoms with E-state index in [-0.39, 0.29) is 17.9 Å². The summed E-state index contributed by atoms with van der Waals surface area (Å²) in [5, 5.41) is 3.06. The number of halogens is 2.